The Hall–Kier alpha value is -2.58. The number of sulfone groups is 1. The number of aryl methyl sites for hydroxylation is 1. The molecule has 0 spiro atoms. The Balaban J connectivity index is 1.72. The second-order valence-electron chi connectivity index (χ2n) is 7.46. The third kappa shape index (κ3) is 4.15. The number of anilines is 1. The lowest BCUT2D eigenvalue weighted by Gasteiger charge is -2.24. The van der Waals surface area contributed by atoms with Crippen molar-refractivity contribution in [2.75, 3.05) is 11.6 Å². The third-order valence-electron chi connectivity index (χ3n) is 5.16. The van der Waals surface area contributed by atoms with Crippen LogP contribution in [0.1, 0.15) is 46.7 Å². The van der Waals surface area contributed by atoms with Crippen LogP contribution in [0.25, 0.3) is 10.6 Å². The molecule has 1 aromatic heterocycles. The van der Waals surface area contributed by atoms with Crippen molar-refractivity contribution >= 4 is 32.6 Å². The molecule has 1 N–H and O–H groups in total. The van der Waals surface area contributed by atoms with Crippen LogP contribution in [0.2, 0.25) is 0 Å². The Morgan fingerprint density at radius 3 is 2.60 bits per heavy atom. The van der Waals surface area contributed by atoms with E-state index in [1.165, 1.54) is 31.2 Å². The number of hydrogen-bond acceptors (Lipinski definition) is 6. The normalized spacial score (nSPS) is 16.2. The van der Waals surface area contributed by atoms with Gasteiger partial charge in [0.1, 0.15) is 10.8 Å². The summed E-state index contributed by atoms with van der Waals surface area (Å²) in [6, 6.07) is 10.7. The van der Waals surface area contributed by atoms with E-state index in [1.807, 2.05) is 0 Å². The zero-order valence-electron chi connectivity index (χ0n) is 16.6. The number of nitrogens with zero attached hydrogens (tertiary/aromatic N) is 1. The van der Waals surface area contributed by atoms with E-state index in [0.717, 1.165) is 46.7 Å². The molecule has 0 aliphatic heterocycles. The van der Waals surface area contributed by atoms with Crippen LogP contribution in [-0.4, -0.2) is 25.4 Å². The second-order valence-corrected chi connectivity index (χ2v) is 10.5. The molecule has 8 heteroatoms. The van der Waals surface area contributed by atoms with Gasteiger partial charge in [0.05, 0.1) is 22.3 Å². The average molecular weight is 445 g/mol. The SMILES string of the molecule is CC(=O)c1ccc(S(C)(=O)=O)c(NC2CCCc3sc(-c4ccc(F)cc4)nc32)c1. The van der Waals surface area contributed by atoms with Gasteiger partial charge in [-0.3, -0.25) is 4.79 Å². The van der Waals surface area contributed by atoms with Gasteiger partial charge < -0.3 is 5.32 Å². The van der Waals surface area contributed by atoms with Crippen LogP contribution < -0.4 is 5.32 Å². The van der Waals surface area contributed by atoms with Gasteiger partial charge in [0.2, 0.25) is 0 Å². The lowest BCUT2D eigenvalue weighted by molar-refractivity contribution is 0.101. The Bertz CT molecular complexity index is 1220. The zero-order chi connectivity index (χ0) is 21.5. The quantitative estimate of drug-likeness (QED) is 0.558. The number of carbonyl (C=O) groups is 1. The van der Waals surface area contributed by atoms with Crippen molar-refractivity contribution in [2.45, 2.75) is 37.1 Å². The summed E-state index contributed by atoms with van der Waals surface area (Å²) >= 11 is 1.58. The first-order valence-corrected chi connectivity index (χ1v) is 12.3. The van der Waals surface area contributed by atoms with E-state index < -0.39 is 9.84 Å². The first-order chi connectivity index (χ1) is 14.2. The molecule has 1 unspecified atom stereocenters. The molecule has 0 saturated heterocycles. The van der Waals surface area contributed by atoms with Gasteiger partial charge in [0, 0.05) is 22.3 Å². The van der Waals surface area contributed by atoms with Gasteiger partial charge in [0.25, 0.3) is 0 Å². The maximum atomic E-state index is 13.3. The number of aromatic nitrogens is 1. The van der Waals surface area contributed by atoms with Crippen molar-refractivity contribution in [3.8, 4) is 10.6 Å². The lowest BCUT2D eigenvalue weighted by atomic mass is 9.97. The topological polar surface area (TPSA) is 76.1 Å². The first-order valence-electron chi connectivity index (χ1n) is 9.59. The minimum Gasteiger partial charge on any atom is -0.376 e. The molecule has 5 nitrogen and oxygen atoms in total. The highest BCUT2D eigenvalue weighted by molar-refractivity contribution is 7.90. The molecule has 1 aliphatic rings. The van der Waals surface area contributed by atoms with E-state index in [0.29, 0.717) is 11.3 Å². The molecule has 0 saturated carbocycles. The number of thiazole rings is 1. The van der Waals surface area contributed by atoms with Gasteiger partial charge in [-0.2, -0.15) is 0 Å². The van der Waals surface area contributed by atoms with Gasteiger partial charge in [-0.15, -0.1) is 11.3 Å². The molecule has 2 aromatic carbocycles. The molecular weight excluding hydrogens is 423 g/mol. The minimum atomic E-state index is -3.47. The molecule has 0 radical (unpaired) electrons. The van der Waals surface area contributed by atoms with Crippen molar-refractivity contribution in [3.05, 3.63) is 64.4 Å². The molecule has 4 rings (SSSR count). The molecular formula is C22H21FN2O3S2. The molecule has 0 fully saturated rings. The number of hydrogen-bond donors (Lipinski definition) is 1. The predicted molar refractivity (Wildman–Crippen MR) is 116 cm³/mol. The highest BCUT2D eigenvalue weighted by Gasteiger charge is 2.27. The number of benzene rings is 2. The van der Waals surface area contributed by atoms with Crippen molar-refractivity contribution in [2.24, 2.45) is 0 Å². The van der Waals surface area contributed by atoms with Crippen LogP contribution in [0.4, 0.5) is 10.1 Å². The Morgan fingerprint density at radius 2 is 1.93 bits per heavy atom. The lowest BCUT2D eigenvalue weighted by Crippen LogP contribution is -2.18. The van der Waals surface area contributed by atoms with Crippen LogP contribution in [0.5, 0.6) is 0 Å². The predicted octanol–water partition coefficient (Wildman–Crippen LogP) is 5.04. The molecule has 30 heavy (non-hydrogen) atoms. The van der Waals surface area contributed by atoms with Crippen LogP contribution in [0.3, 0.4) is 0 Å². The van der Waals surface area contributed by atoms with E-state index in [2.05, 4.69) is 5.32 Å². The monoisotopic (exact) mass is 444 g/mol. The van der Waals surface area contributed by atoms with Crippen LogP contribution in [-0.2, 0) is 16.3 Å². The summed E-state index contributed by atoms with van der Waals surface area (Å²) in [4.78, 5) is 17.9. The van der Waals surface area contributed by atoms with Crippen molar-refractivity contribution in [1.29, 1.82) is 0 Å². The first kappa shape index (κ1) is 20.7. The number of Topliss-reactive ketones (excluding diaryl/α,β-unsaturated/α-hetero) is 1. The average Bonchev–Trinajstić information content (AvgIpc) is 3.13. The number of rotatable bonds is 5. The summed E-state index contributed by atoms with van der Waals surface area (Å²) < 4.78 is 37.8. The maximum absolute atomic E-state index is 13.3. The van der Waals surface area contributed by atoms with Crippen molar-refractivity contribution in [1.82, 2.24) is 4.98 Å². The maximum Gasteiger partial charge on any atom is 0.177 e. The third-order valence-corrected chi connectivity index (χ3v) is 7.50. The number of fused-ring (bicyclic) bond motifs is 1. The number of carbonyl (C=O) groups excluding carboxylic acids is 1. The van der Waals surface area contributed by atoms with E-state index in [1.54, 1.807) is 29.5 Å². The number of nitrogens with one attached hydrogen (secondary N) is 1. The fourth-order valence-electron chi connectivity index (χ4n) is 3.65. The van der Waals surface area contributed by atoms with Crippen molar-refractivity contribution < 1.29 is 17.6 Å². The standard InChI is InChI=1S/C22H21FN2O3S2/c1-13(26)15-8-11-20(30(2,27)28)18(12-15)24-17-4-3-5-19-21(17)25-22(29-19)14-6-9-16(23)10-7-14/h6-12,17,24H,3-5H2,1-2H3. The molecule has 0 amide bonds. The van der Waals surface area contributed by atoms with Crippen LogP contribution in [0.15, 0.2) is 47.4 Å². The van der Waals surface area contributed by atoms with Gasteiger partial charge >= 0.3 is 0 Å². The summed E-state index contributed by atoms with van der Waals surface area (Å²) in [5.74, 6) is -0.423. The highest BCUT2D eigenvalue weighted by Crippen LogP contribution is 2.39. The summed E-state index contributed by atoms with van der Waals surface area (Å²) in [5.41, 5.74) is 2.61. The van der Waals surface area contributed by atoms with Gasteiger partial charge in [-0.1, -0.05) is 0 Å². The number of ketones is 1. The van der Waals surface area contributed by atoms with Crippen molar-refractivity contribution in [3.63, 3.8) is 0 Å². The fourth-order valence-corrected chi connectivity index (χ4v) is 5.65. The molecule has 1 aliphatic carbocycles. The Kier molecular flexibility index (Phi) is 5.46. The van der Waals surface area contributed by atoms with E-state index in [9.17, 15) is 17.6 Å². The summed E-state index contributed by atoms with van der Waals surface area (Å²) in [5, 5.41) is 4.15. The Morgan fingerprint density at radius 1 is 1.20 bits per heavy atom. The van der Waals surface area contributed by atoms with E-state index >= 15 is 0 Å². The molecule has 1 atom stereocenters. The van der Waals surface area contributed by atoms with Gasteiger partial charge in [-0.05, 0) is 68.7 Å². The Labute approximate surface area is 178 Å². The summed E-state index contributed by atoms with van der Waals surface area (Å²) in [6.07, 6.45) is 3.80. The summed E-state index contributed by atoms with van der Waals surface area (Å²) in [7, 11) is -3.47. The zero-order valence-corrected chi connectivity index (χ0v) is 18.2. The summed E-state index contributed by atoms with van der Waals surface area (Å²) in [6.45, 7) is 1.45. The molecule has 1 heterocycles. The van der Waals surface area contributed by atoms with Crippen LogP contribution in [0, 0.1) is 5.82 Å². The smallest absolute Gasteiger partial charge is 0.177 e. The molecule has 0 bridgehead atoms. The second kappa shape index (κ2) is 7.92. The number of halogens is 1. The minimum absolute atomic E-state index is 0.130. The molecule has 156 valence electrons. The largest absolute Gasteiger partial charge is 0.376 e. The van der Waals surface area contributed by atoms with Gasteiger partial charge in [0.15, 0.2) is 15.6 Å². The van der Waals surface area contributed by atoms with E-state index in [4.69, 9.17) is 4.98 Å². The van der Waals surface area contributed by atoms with Crippen LogP contribution >= 0.6 is 11.3 Å². The highest BCUT2D eigenvalue weighted by atomic mass is 32.2. The van der Waals surface area contributed by atoms with Gasteiger partial charge in [-0.25, -0.2) is 17.8 Å². The molecule has 3 aromatic rings. The van der Waals surface area contributed by atoms with E-state index in [-0.39, 0.29) is 22.5 Å². The fraction of sp³-hybridized carbons (Fsp3) is 0.273.